The standard InChI is InChI=1S/C21H24O7/c1-12(2)15(22)26-20-10-18(3)21(24)9-14(20)19(21,17(27-18)28-20)11-25-16(23)13-7-5-4-6-8-13/h4-8,12,14,17,24H,9-11H2,1-3H3. The fraction of sp³-hybridized carbons (Fsp3) is 0.619. The van der Waals surface area contributed by atoms with Crippen molar-refractivity contribution in [2.24, 2.45) is 17.3 Å². The summed E-state index contributed by atoms with van der Waals surface area (Å²) in [6.45, 7) is 5.29. The summed E-state index contributed by atoms with van der Waals surface area (Å²) in [5.41, 5.74) is -2.59. The van der Waals surface area contributed by atoms with E-state index in [4.69, 9.17) is 18.9 Å². The lowest BCUT2D eigenvalue weighted by molar-refractivity contribution is -0.385. The monoisotopic (exact) mass is 388 g/mol. The third-order valence-corrected chi connectivity index (χ3v) is 7.17. The molecule has 0 amide bonds. The maximum absolute atomic E-state index is 12.5. The van der Waals surface area contributed by atoms with Crippen molar-refractivity contribution < 1.29 is 33.6 Å². The van der Waals surface area contributed by atoms with Gasteiger partial charge in [0.05, 0.1) is 16.9 Å². The number of carbonyl (C=O) groups is 2. The Morgan fingerprint density at radius 2 is 1.96 bits per heavy atom. The van der Waals surface area contributed by atoms with E-state index in [1.165, 1.54) is 0 Å². The molecule has 150 valence electrons. The number of hydrogen-bond acceptors (Lipinski definition) is 7. The van der Waals surface area contributed by atoms with Gasteiger partial charge in [0.15, 0.2) is 6.29 Å². The van der Waals surface area contributed by atoms with E-state index in [-0.39, 0.29) is 30.8 Å². The average Bonchev–Trinajstić information content (AvgIpc) is 2.85. The largest absolute Gasteiger partial charge is 0.461 e. The van der Waals surface area contributed by atoms with Crippen LogP contribution in [-0.4, -0.2) is 46.9 Å². The Balaban J connectivity index is 1.44. The molecule has 6 unspecified atom stereocenters. The first-order valence-electron chi connectivity index (χ1n) is 9.71. The lowest BCUT2D eigenvalue weighted by Crippen LogP contribution is -2.79. The Hall–Kier alpha value is -1.96. The molecular formula is C21H24O7. The van der Waals surface area contributed by atoms with E-state index >= 15 is 0 Å². The summed E-state index contributed by atoms with van der Waals surface area (Å²) in [7, 11) is 0. The summed E-state index contributed by atoms with van der Waals surface area (Å²) in [6.07, 6.45) is -0.128. The number of aliphatic hydroxyl groups is 1. The van der Waals surface area contributed by atoms with Crippen LogP contribution in [0.3, 0.4) is 0 Å². The van der Waals surface area contributed by atoms with E-state index in [2.05, 4.69) is 0 Å². The molecule has 0 spiro atoms. The van der Waals surface area contributed by atoms with Crippen molar-refractivity contribution in [2.75, 3.05) is 6.61 Å². The van der Waals surface area contributed by atoms with Crippen LogP contribution in [0.1, 0.15) is 44.0 Å². The number of rotatable bonds is 5. The van der Waals surface area contributed by atoms with Crippen molar-refractivity contribution in [3.8, 4) is 0 Å². The molecule has 7 nitrogen and oxygen atoms in total. The molecule has 0 aromatic heterocycles. The molecule has 1 N–H and O–H groups in total. The van der Waals surface area contributed by atoms with Gasteiger partial charge in [-0.3, -0.25) is 4.79 Å². The number of hydrogen-bond donors (Lipinski definition) is 1. The Bertz CT molecular complexity index is 854. The molecule has 28 heavy (non-hydrogen) atoms. The molecule has 7 rings (SSSR count). The molecular weight excluding hydrogens is 364 g/mol. The van der Waals surface area contributed by atoms with Crippen molar-refractivity contribution in [3.05, 3.63) is 35.9 Å². The molecule has 3 aliphatic heterocycles. The first kappa shape index (κ1) is 18.1. The van der Waals surface area contributed by atoms with E-state index in [9.17, 15) is 14.7 Å². The molecule has 3 heterocycles. The van der Waals surface area contributed by atoms with Crippen molar-refractivity contribution >= 4 is 11.9 Å². The number of carbonyl (C=O) groups excluding carboxylic acids is 2. The van der Waals surface area contributed by atoms with Crippen molar-refractivity contribution in [1.29, 1.82) is 0 Å². The highest BCUT2D eigenvalue weighted by Gasteiger charge is 2.94. The quantitative estimate of drug-likeness (QED) is 0.772. The molecule has 3 saturated carbocycles. The van der Waals surface area contributed by atoms with Crippen LogP contribution in [0.2, 0.25) is 0 Å². The van der Waals surface area contributed by atoms with E-state index in [0.29, 0.717) is 12.0 Å². The molecule has 7 heteroatoms. The SMILES string of the molecule is CC(C)C(=O)OC12CC3(C)OC(O1)C1(COC(=O)c4ccccc4)C2CC31O. The smallest absolute Gasteiger partial charge is 0.338 e. The van der Waals surface area contributed by atoms with Crippen LogP contribution in [0.15, 0.2) is 30.3 Å². The summed E-state index contributed by atoms with van der Waals surface area (Å²) in [5.74, 6) is -2.53. The zero-order chi connectivity index (χ0) is 19.9. The first-order chi connectivity index (χ1) is 13.2. The van der Waals surface area contributed by atoms with Crippen LogP contribution in [0.4, 0.5) is 0 Å². The van der Waals surface area contributed by atoms with Crippen LogP contribution in [-0.2, 0) is 23.7 Å². The maximum atomic E-state index is 12.5. The van der Waals surface area contributed by atoms with Crippen LogP contribution >= 0.6 is 0 Å². The number of benzene rings is 1. The van der Waals surface area contributed by atoms with Gasteiger partial charge in [0.1, 0.15) is 17.8 Å². The maximum Gasteiger partial charge on any atom is 0.338 e. The Kier molecular flexibility index (Phi) is 3.45. The van der Waals surface area contributed by atoms with E-state index in [0.717, 1.165) is 0 Å². The summed E-state index contributed by atoms with van der Waals surface area (Å²) in [6, 6.07) is 8.69. The summed E-state index contributed by atoms with van der Waals surface area (Å²) in [4.78, 5) is 24.8. The minimum Gasteiger partial charge on any atom is -0.461 e. The second kappa shape index (κ2) is 5.34. The van der Waals surface area contributed by atoms with Gasteiger partial charge in [-0.05, 0) is 25.5 Å². The van der Waals surface area contributed by atoms with Gasteiger partial charge >= 0.3 is 11.9 Å². The van der Waals surface area contributed by atoms with Crippen molar-refractivity contribution in [3.63, 3.8) is 0 Å². The number of esters is 2. The second-order valence-electron chi connectivity index (χ2n) is 8.96. The Morgan fingerprint density at radius 1 is 1.25 bits per heavy atom. The van der Waals surface area contributed by atoms with Crippen molar-refractivity contribution in [1.82, 2.24) is 0 Å². The minimum absolute atomic E-state index is 0.0525. The minimum atomic E-state index is -1.18. The molecule has 6 aliphatic rings. The van der Waals surface area contributed by atoms with E-state index in [1.807, 2.05) is 13.0 Å². The normalized spacial score (nSPS) is 44.5. The van der Waals surface area contributed by atoms with Gasteiger partial charge in [-0.2, -0.15) is 0 Å². The van der Waals surface area contributed by atoms with Gasteiger partial charge in [-0.25, -0.2) is 4.79 Å². The highest BCUT2D eigenvalue weighted by molar-refractivity contribution is 5.89. The van der Waals surface area contributed by atoms with Gasteiger partial charge < -0.3 is 24.1 Å². The highest BCUT2D eigenvalue weighted by Crippen LogP contribution is 2.81. The van der Waals surface area contributed by atoms with Gasteiger partial charge in [0.25, 0.3) is 0 Å². The predicted molar refractivity (Wildman–Crippen MR) is 94.9 cm³/mol. The van der Waals surface area contributed by atoms with Gasteiger partial charge in [0, 0.05) is 12.3 Å². The first-order valence-corrected chi connectivity index (χ1v) is 9.71. The Labute approximate surface area is 162 Å². The number of ether oxygens (including phenoxy) is 4. The van der Waals surface area contributed by atoms with Crippen molar-refractivity contribution in [2.45, 2.75) is 56.9 Å². The molecule has 1 aromatic rings. The molecule has 6 atom stereocenters. The average molecular weight is 388 g/mol. The van der Waals surface area contributed by atoms with Gasteiger partial charge in [0.2, 0.25) is 5.79 Å². The highest BCUT2D eigenvalue weighted by atomic mass is 16.8. The third kappa shape index (κ3) is 1.90. The predicted octanol–water partition coefficient (Wildman–Crippen LogP) is 2.03. The zero-order valence-electron chi connectivity index (χ0n) is 16.1. The topological polar surface area (TPSA) is 91.3 Å². The molecule has 1 aromatic carbocycles. The van der Waals surface area contributed by atoms with Crippen LogP contribution in [0.25, 0.3) is 0 Å². The van der Waals surface area contributed by atoms with E-state index < -0.39 is 34.7 Å². The molecule has 3 saturated heterocycles. The zero-order valence-corrected chi connectivity index (χ0v) is 16.1. The lowest BCUT2D eigenvalue weighted by atomic mass is 9.41. The van der Waals surface area contributed by atoms with E-state index in [1.54, 1.807) is 38.1 Å². The fourth-order valence-electron chi connectivity index (χ4n) is 5.64. The molecule has 6 bridgehead atoms. The molecule has 6 fully saturated rings. The van der Waals surface area contributed by atoms with Gasteiger partial charge in [-0.1, -0.05) is 32.0 Å². The van der Waals surface area contributed by atoms with Crippen LogP contribution < -0.4 is 0 Å². The molecule has 3 aliphatic carbocycles. The second-order valence-corrected chi connectivity index (χ2v) is 8.96. The van der Waals surface area contributed by atoms with Crippen LogP contribution in [0.5, 0.6) is 0 Å². The summed E-state index contributed by atoms with van der Waals surface area (Å²) < 4.78 is 23.5. The third-order valence-electron chi connectivity index (χ3n) is 7.17. The summed E-state index contributed by atoms with van der Waals surface area (Å²) in [5, 5.41) is 11.5. The summed E-state index contributed by atoms with van der Waals surface area (Å²) >= 11 is 0. The molecule has 0 radical (unpaired) electrons. The van der Waals surface area contributed by atoms with Crippen LogP contribution in [0, 0.1) is 17.3 Å². The fourth-order valence-corrected chi connectivity index (χ4v) is 5.64. The Morgan fingerprint density at radius 3 is 2.64 bits per heavy atom. The van der Waals surface area contributed by atoms with Gasteiger partial charge in [-0.15, -0.1) is 0 Å². The lowest BCUT2D eigenvalue weighted by Gasteiger charge is -2.65.